The number of hydrazine groups is 1. The van der Waals surface area contributed by atoms with E-state index in [0.717, 1.165) is 10.2 Å². The number of nitrogens with one attached hydrogen (secondary N) is 2. The highest BCUT2D eigenvalue weighted by atomic mass is 79.9. The van der Waals surface area contributed by atoms with Crippen LogP contribution in [0.4, 0.5) is 0 Å². The SMILES string of the molecule is O=C(CCCOc1ccc(Br)cc1)NNC(=O)c1cc(Cl)ccc1Cl. The number of hydrogen-bond acceptors (Lipinski definition) is 3. The molecule has 0 saturated carbocycles. The van der Waals surface area contributed by atoms with Gasteiger partial charge in [-0.2, -0.15) is 0 Å². The summed E-state index contributed by atoms with van der Waals surface area (Å²) in [4.78, 5) is 23.7. The Bertz CT molecular complexity index is 754. The van der Waals surface area contributed by atoms with Gasteiger partial charge in [-0.3, -0.25) is 20.4 Å². The lowest BCUT2D eigenvalue weighted by molar-refractivity contribution is -0.122. The van der Waals surface area contributed by atoms with Gasteiger partial charge in [0.05, 0.1) is 17.2 Å². The van der Waals surface area contributed by atoms with Crippen molar-refractivity contribution in [3.8, 4) is 5.75 Å². The summed E-state index contributed by atoms with van der Waals surface area (Å²) in [5, 5.41) is 0.630. The smallest absolute Gasteiger partial charge is 0.271 e. The molecule has 2 aromatic rings. The molecule has 2 aromatic carbocycles. The van der Waals surface area contributed by atoms with Gasteiger partial charge in [-0.15, -0.1) is 0 Å². The van der Waals surface area contributed by atoms with Gasteiger partial charge < -0.3 is 4.74 Å². The number of carbonyl (C=O) groups excluding carboxylic acids is 2. The summed E-state index contributed by atoms with van der Waals surface area (Å²) in [6.07, 6.45) is 0.718. The van der Waals surface area contributed by atoms with Crippen LogP contribution in [0.3, 0.4) is 0 Å². The molecule has 0 aliphatic heterocycles. The van der Waals surface area contributed by atoms with Crippen LogP contribution in [0, 0.1) is 0 Å². The Morgan fingerprint density at radius 3 is 2.48 bits per heavy atom. The van der Waals surface area contributed by atoms with Crippen LogP contribution in [-0.2, 0) is 4.79 Å². The summed E-state index contributed by atoms with van der Waals surface area (Å²) in [7, 11) is 0. The first-order valence-electron chi connectivity index (χ1n) is 7.38. The molecule has 132 valence electrons. The summed E-state index contributed by atoms with van der Waals surface area (Å²) in [5.41, 5.74) is 4.82. The Balaban J connectivity index is 1.69. The fourth-order valence-corrected chi connectivity index (χ4v) is 2.52. The van der Waals surface area contributed by atoms with Crippen LogP contribution in [-0.4, -0.2) is 18.4 Å². The molecule has 5 nitrogen and oxygen atoms in total. The molecule has 0 heterocycles. The molecule has 0 aliphatic rings. The highest BCUT2D eigenvalue weighted by Gasteiger charge is 2.12. The van der Waals surface area contributed by atoms with Gasteiger partial charge in [0.25, 0.3) is 5.91 Å². The summed E-state index contributed by atoms with van der Waals surface area (Å²) < 4.78 is 6.48. The van der Waals surface area contributed by atoms with Crippen molar-refractivity contribution in [3.05, 3.63) is 62.5 Å². The van der Waals surface area contributed by atoms with Gasteiger partial charge in [0, 0.05) is 15.9 Å². The van der Waals surface area contributed by atoms with Crippen molar-refractivity contribution in [2.24, 2.45) is 0 Å². The molecule has 0 unspecified atom stereocenters. The molecule has 25 heavy (non-hydrogen) atoms. The minimum atomic E-state index is -0.535. The van der Waals surface area contributed by atoms with E-state index in [-0.39, 0.29) is 22.9 Å². The normalized spacial score (nSPS) is 10.2. The molecule has 0 bridgehead atoms. The molecule has 2 N–H and O–H groups in total. The second-order valence-electron chi connectivity index (χ2n) is 5.03. The van der Waals surface area contributed by atoms with Gasteiger partial charge in [-0.1, -0.05) is 39.1 Å². The van der Waals surface area contributed by atoms with E-state index in [1.165, 1.54) is 12.1 Å². The molecular weight excluding hydrogens is 431 g/mol. The summed E-state index contributed by atoms with van der Waals surface area (Å²) >= 11 is 15.1. The average Bonchev–Trinajstić information content (AvgIpc) is 2.60. The molecule has 0 radical (unpaired) electrons. The molecule has 2 rings (SSSR count). The van der Waals surface area contributed by atoms with E-state index < -0.39 is 5.91 Å². The maximum absolute atomic E-state index is 12.0. The first-order chi connectivity index (χ1) is 12.0. The lowest BCUT2D eigenvalue weighted by Gasteiger charge is -2.09. The predicted octanol–water partition coefficient (Wildman–Crippen LogP) is 4.38. The number of hydrogen-bond donors (Lipinski definition) is 2. The lowest BCUT2D eigenvalue weighted by Crippen LogP contribution is -2.41. The minimum absolute atomic E-state index is 0.188. The van der Waals surface area contributed by atoms with Crippen LogP contribution in [0.2, 0.25) is 10.0 Å². The number of rotatable bonds is 6. The first-order valence-corrected chi connectivity index (χ1v) is 8.93. The highest BCUT2D eigenvalue weighted by molar-refractivity contribution is 9.10. The fraction of sp³-hybridized carbons (Fsp3) is 0.176. The quantitative estimate of drug-likeness (QED) is 0.512. The number of carbonyl (C=O) groups is 2. The Labute approximate surface area is 163 Å². The molecule has 0 atom stereocenters. The molecule has 8 heteroatoms. The molecular formula is C17H15BrCl2N2O3. The van der Waals surface area contributed by atoms with Crippen LogP contribution < -0.4 is 15.6 Å². The van der Waals surface area contributed by atoms with Crippen molar-refractivity contribution in [3.63, 3.8) is 0 Å². The Morgan fingerprint density at radius 1 is 1.04 bits per heavy atom. The van der Waals surface area contributed by atoms with Gasteiger partial charge >= 0.3 is 0 Å². The van der Waals surface area contributed by atoms with Crippen molar-refractivity contribution >= 4 is 50.9 Å². The van der Waals surface area contributed by atoms with Crippen molar-refractivity contribution in [1.82, 2.24) is 10.9 Å². The number of benzene rings is 2. The van der Waals surface area contributed by atoms with Crippen molar-refractivity contribution in [2.75, 3.05) is 6.61 Å². The monoisotopic (exact) mass is 444 g/mol. The van der Waals surface area contributed by atoms with Crippen molar-refractivity contribution in [2.45, 2.75) is 12.8 Å². The van der Waals surface area contributed by atoms with Gasteiger partial charge in [0.1, 0.15) is 5.75 Å². The topological polar surface area (TPSA) is 67.4 Å². The molecule has 0 aromatic heterocycles. The molecule has 0 fully saturated rings. The zero-order valence-electron chi connectivity index (χ0n) is 13.0. The van der Waals surface area contributed by atoms with Gasteiger partial charge in [0.2, 0.25) is 5.91 Å². The fourth-order valence-electron chi connectivity index (χ4n) is 1.88. The average molecular weight is 446 g/mol. The van der Waals surface area contributed by atoms with E-state index in [1.54, 1.807) is 6.07 Å². The third-order valence-corrected chi connectivity index (χ3v) is 4.21. The van der Waals surface area contributed by atoms with Gasteiger partial charge in [0.15, 0.2) is 0 Å². The third-order valence-electron chi connectivity index (χ3n) is 3.12. The third kappa shape index (κ3) is 6.57. The van der Waals surface area contributed by atoms with Gasteiger partial charge in [-0.25, -0.2) is 0 Å². The van der Waals surface area contributed by atoms with E-state index in [4.69, 9.17) is 27.9 Å². The van der Waals surface area contributed by atoms with Gasteiger partial charge in [-0.05, 0) is 48.9 Å². The molecule has 2 amide bonds. The number of halogens is 3. The summed E-state index contributed by atoms with van der Waals surface area (Å²) in [5.74, 6) is -0.134. The summed E-state index contributed by atoms with van der Waals surface area (Å²) in [6.45, 7) is 0.392. The van der Waals surface area contributed by atoms with Crippen molar-refractivity contribution < 1.29 is 14.3 Å². The van der Waals surface area contributed by atoms with Crippen LogP contribution in [0.1, 0.15) is 23.2 Å². The summed E-state index contributed by atoms with van der Waals surface area (Å²) in [6, 6.07) is 11.9. The molecule has 0 spiro atoms. The van der Waals surface area contributed by atoms with Crippen LogP contribution in [0.5, 0.6) is 5.75 Å². The van der Waals surface area contributed by atoms with Crippen LogP contribution in [0.15, 0.2) is 46.9 Å². The zero-order chi connectivity index (χ0) is 18.2. The standard InChI is InChI=1S/C17H15BrCl2N2O3/c18-11-3-6-13(7-4-11)25-9-1-2-16(23)21-22-17(24)14-10-12(19)5-8-15(14)20/h3-8,10H,1-2,9H2,(H,21,23)(H,22,24). The van der Waals surface area contributed by atoms with E-state index in [9.17, 15) is 9.59 Å². The van der Waals surface area contributed by atoms with E-state index in [1.807, 2.05) is 24.3 Å². The lowest BCUT2D eigenvalue weighted by atomic mass is 10.2. The Morgan fingerprint density at radius 2 is 1.76 bits per heavy atom. The predicted molar refractivity (Wildman–Crippen MR) is 101 cm³/mol. The zero-order valence-corrected chi connectivity index (χ0v) is 16.1. The maximum atomic E-state index is 12.0. The number of amides is 2. The second kappa shape index (κ2) is 9.65. The maximum Gasteiger partial charge on any atom is 0.271 e. The molecule has 0 aliphatic carbocycles. The largest absolute Gasteiger partial charge is 0.494 e. The number of ether oxygens (including phenoxy) is 1. The second-order valence-corrected chi connectivity index (χ2v) is 6.79. The van der Waals surface area contributed by atoms with Crippen LogP contribution in [0.25, 0.3) is 0 Å². The van der Waals surface area contributed by atoms with E-state index in [0.29, 0.717) is 18.1 Å². The first kappa shape index (κ1) is 19.6. The van der Waals surface area contributed by atoms with Crippen LogP contribution >= 0.6 is 39.1 Å². The van der Waals surface area contributed by atoms with E-state index >= 15 is 0 Å². The Hall–Kier alpha value is -1.76. The minimum Gasteiger partial charge on any atom is -0.494 e. The van der Waals surface area contributed by atoms with Crippen molar-refractivity contribution in [1.29, 1.82) is 0 Å². The highest BCUT2D eigenvalue weighted by Crippen LogP contribution is 2.20. The van der Waals surface area contributed by atoms with E-state index in [2.05, 4.69) is 26.8 Å². The Kier molecular flexibility index (Phi) is 7.55. The molecule has 0 saturated heterocycles.